The molecule has 0 spiro atoms. The third-order valence-electron chi connectivity index (χ3n) is 5.57. The first-order valence-corrected chi connectivity index (χ1v) is 10.9. The lowest BCUT2D eigenvalue weighted by Gasteiger charge is -2.28. The highest BCUT2D eigenvalue weighted by Crippen LogP contribution is 2.25. The highest BCUT2D eigenvalue weighted by Gasteiger charge is 2.24. The zero-order valence-corrected chi connectivity index (χ0v) is 17.4. The van der Waals surface area contributed by atoms with Gasteiger partial charge in [-0.2, -0.15) is 0 Å². The minimum Gasteiger partial charge on any atom is -0.361 e. The summed E-state index contributed by atoms with van der Waals surface area (Å²) in [6.45, 7) is 5.47. The van der Waals surface area contributed by atoms with Crippen molar-refractivity contribution in [3.8, 4) is 0 Å². The predicted octanol–water partition coefficient (Wildman–Crippen LogP) is 5.28. The molecule has 0 saturated heterocycles. The molecule has 28 heavy (non-hydrogen) atoms. The number of nitrogens with one attached hydrogen (secondary N) is 1. The van der Waals surface area contributed by atoms with Crippen LogP contribution in [0.5, 0.6) is 0 Å². The molecule has 0 saturated carbocycles. The van der Waals surface area contributed by atoms with Crippen molar-refractivity contribution in [1.29, 1.82) is 0 Å². The van der Waals surface area contributed by atoms with Gasteiger partial charge in [0.15, 0.2) is 0 Å². The van der Waals surface area contributed by atoms with Crippen molar-refractivity contribution in [3.63, 3.8) is 0 Å². The van der Waals surface area contributed by atoms with E-state index in [2.05, 4.69) is 51.4 Å². The van der Waals surface area contributed by atoms with E-state index in [9.17, 15) is 4.79 Å². The van der Waals surface area contributed by atoms with Crippen LogP contribution >= 0.6 is 11.3 Å². The van der Waals surface area contributed by atoms with E-state index in [1.165, 1.54) is 22.3 Å². The third-order valence-corrected chi connectivity index (χ3v) is 6.63. The average molecular weight is 394 g/mol. The number of thiazole rings is 1. The summed E-state index contributed by atoms with van der Waals surface area (Å²) in [5.41, 5.74) is 3.28. The van der Waals surface area contributed by atoms with Gasteiger partial charge in [0.25, 0.3) is 5.91 Å². The standard InChI is InChI=1S/C23H27N3OS/c1-16-22(28-17(2)25-16)23(27)26(15-18-8-4-3-5-9-18)13-12-19-14-24-21-11-7-6-10-20(19)21/h3-4,6-7,10-11,14,18,24H,5,8-9,12-13,15H2,1-2H3/t18-/m0/s1. The lowest BCUT2D eigenvalue weighted by molar-refractivity contribution is 0.0730. The van der Waals surface area contributed by atoms with Crippen molar-refractivity contribution in [1.82, 2.24) is 14.9 Å². The maximum absolute atomic E-state index is 13.3. The number of rotatable bonds is 6. The molecule has 2 aromatic heterocycles. The van der Waals surface area contributed by atoms with Crippen LogP contribution in [0.15, 0.2) is 42.6 Å². The van der Waals surface area contributed by atoms with E-state index in [0.29, 0.717) is 5.92 Å². The summed E-state index contributed by atoms with van der Waals surface area (Å²) < 4.78 is 0. The van der Waals surface area contributed by atoms with Crippen molar-refractivity contribution >= 4 is 28.1 Å². The molecule has 2 heterocycles. The Balaban J connectivity index is 1.54. The van der Waals surface area contributed by atoms with Gasteiger partial charge in [-0.1, -0.05) is 30.4 Å². The van der Waals surface area contributed by atoms with Crippen molar-refractivity contribution in [2.75, 3.05) is 13.1 Å². The number of carbonyl (C=O) groups excluding carboxylic acids is 1. The number of fused-ring (bicyclic) bond motifs is 1. The van der Waals surface area contributed by atoms with Crippen LogP contribution in [0.25, 0.3) is 10.9 Å². The van der Waals surface area contributed by atoms with E-state index in [1.807, 2.05) is 19.9 Å². The van der Waals surface area contributed by atoms with E-state index >= 15 is 0 Å². The number of aromatic nitrogens is 2. The summed E-state index contributed by atoms with van der Waals surface area (Å²) in [6, 6.07) is 8.36. The molecule has 3 aromatic rings. The van der Waals surface area contributed by atoms with Crippen molar-refractivity contribution in [2.24, 2.45) is 5.92 Å². The third kappa shape index (κ3) is 4.04. The lowest BCUT2D eigenvalue weighted by atomic mass is 9.93. The second kappa shape index (κ2) is 8.31. The minimum absolute atomic E-state index is 0.137. The number of carbonyl (C=O) groups is 1. The predicted molar refractivity (Wildman–Crippen MR) is 116 cm³/mol. The Hall–Kier alpha value is -2.40. The first-order chi connectivity index (χ1) is 13.6. The summed E-state index contributed by atoms with van der Waals surface area (Å²) >= 11 is 1.52. The monoisotopic (exact) mass is 393 g/mol. The van der Waals surface area contributed by atoms with Gasteiger partial charge < -0.3 is 9.88 Å². The van der Waals surface area contributed by atoms with E-state index in [0.717, 1.165) is 59.9 Å². The average Bonchev–Trinajstić information content (AvgIpc) is 3.27. The SMILES string of the molecule is Cc1nc(C)c(C(=O)N(CCc2c[nH]c3ccccc23)C[C@H]2CC=CCC2)s1. The number of para-hydroxylation sites is 1. The largest absolute Gasteiger partial charge is 0.361 e. The Kier molecular flexibility index (Phi) is 5.62. The highest BCUT2D eigenvalue weighted by atomic mass is 32.1. The van der Waals surface area contributed by atoms with Gasteiger partial charge in [-0.05, 0) is 57.1 Å². The molecule has 0 fully saturated rings. The van der Waals surface area contributed by atoms with E-state index in [4.69, 9.17) is 0 Å². The quantitative estimate of drug-likeness (QED) is 0.579. The van der Waals surface area contributed by atoms with Gasteiger partial charge >= 0.3 is 0 Å². The topological polar surface area (TPSA) is 49.0 Å². The fourth-order valence-electron chi connectivity index (χ4n) is 4.08. The van der Waals surface area contributed by atoms with Crippen molar-refractivity contribution < 1.29 is 4.79 Å². The van der Waals surface area contributed by atoms with Gasteiger partial charge in [0.1, 0.15) is 4.88 Å². The van der Waals surface area contributed by atoms with Crippen LogP contribution in [0.3, 0.4) is 0 Å². The van der Waals surface area contributed by atoms with Crippen LogP contribution in [0.1, 0.15) is 45.2 Å². The molecule has 146 valence electrons. The van der Waals surface area contributed by atoms with Gasteiger partial charge in [-0.15, -0.1) is 11.3 Å². The van der Waals surface area contributed by atoms with E-state index in [-0.39, 0.29) is 5.91 Å². The van der Waals surface area contributed by atoms with Crippen LogP contribution < -0.4 is 0 Å². The van der Waals surface area contributed by atoms with Crippen LogP contribution in [0.2, 0.25) is 0 Å². The number of amides is 1. The summed E-state index contributed by atoms with van der Waals surface area (Å²) in [4.78, 5) is 24.0. The summed E-state index contributed by atoms with van der Waals surface area (Å²) in [7, 11) is 0. The molecule has 1 aliphatic carbocycles. The van der Waals surface area contributed by atoms with Gasteiger partial charge in [-0.25, -0.2) is 4.98 Å². The smallest absolute Gasteiger partial charge is 0.265 e. The van der Waals surface area contributed by atoms with Crippen LogP contribution in [-0.2, 0) is 6.42 Å². The van der Waals surface area contributed by atoms with E-state index in [1.54, 1.807) is 0 Å². The summed E-state index contributed by atoms with van der Waals surface area (Å²) in [6.07, 6.45) is 10.8. The minimum atomic E-state index is 0.137. The number of nitrogens with zero attached hydrogens (tertiary/aromatic N) is 2. The number of benzene rings is 1. The Morgan fingerprint density at radius 2 is 2.14 bits per heavy atom. The molecule has 0 unspecified atom stereocenters. The maximum Gasteiger partial charge on any atom is 0.265 e. The maximum atomic E-state index is 13.3. The second-order valence-corrected chi connectivity index (χ2v) is 8.86. The van der Waals surface area contributed by atoms with Gasteiger partial charge in [0.05, 0.1) is 10.7 Å². The molecule has 0 aliphatic heterocycles. The Morgan fingerprint density at radius 1 is 1.29 bits per heavy atom. The van der Waals surface area contributed by atoms with Gasteiger partial charge in [-0.3, -0.25) is 4.79 Å². The fourth-order valence-corrected chi connectivity index (χ4v) is 4.96. The first kappa shape index (κ1) is 18.9. The highest BCUT2D eigenvalue weighted by molar-refractivity contribution is 7.13. The normalized spacial score (nSPS) is 16.6. The molecule has 0 radical (unpaired) electrons. The molecule has 1 atom stereocenters. The summed E-state index contributed by atoms with van der Waals surface area (Å²) in [5, 5.41) is 2.21. The van der Waals surface area contributed by atoms with Gasteiger partial charge in [0, 0.05) is 30.2 Å². The molecule has 4 nitrogen and oxygen atoms in total. The molecule has 1 aromatic carbocycles. The number of H-pyrrole nitrogens is 1. The Morgan fingerprint density at radius 3 is 2.89 bits per heavy atom. The van der Waals surface area contributed by atoms with Crippen LogP contribution in [0, 0.1) is 19.8 Å². The Bertz CT molecular complexity index is 1000. The number of hydrogen-bond acceptors (Lipinski definition) is 3. The number of hydrogen-bond donors (Lipinski definition) is 1. The zero-order valence-electron chi connectivity index (χ0n) is 16.6. The molecule has 1 aliphatic rings. The zero-order chi connectivity index (χ0) is 19.5. The van der Waals surface area contributed by atoms with Crippen molar-refractivity contribution in [2.45, 2.75) is 39.5 Å². The molecule has 1 amide bonds. The summed E-state index contributed by atoms with van der Waals surface area (Å²) in [5.74, 6) is 0.684. The fraction of sp³-hybridized carbons (Fsp3) is 0.391. The molecule has 0 bridgehead atoms. The molecular formula is C23H27N3OS. The number of aryl methyl sites for hydroxylation is 2. The lowest BCUT2D eigenvalue weighted by Crippen LogP contribution is -2.37. The molecule has 1 N–H and O–H groups in total. The molecule has 4 rings (SSSR count). The van der Waals surface area contributed by atoms with Gasteiger partial charge in [0.2, 0.25) is 0 Å². The Labute approximate surface area is 170 Å². The first-order valence-electron chi connectivity index (χ1n) is 10.0. The number of aromatic amines is 1. The number of allylic oxidation sites excluding steroid dienone is 2. The molecule has 5 heteroatoms. The van der Waals surface area contributed by atoms with Crippen LogP contribution in [-0.4, -0.2) is 33.9 Å². The second-order valence-electron chi connectivity index (χ2n) is 7.66. The molecular weight excluding hydrogens is 366 g/mol. The van der Waals surface area contributed by atoms with Crippen molar-refractivity contribution in [3.05, 3.63) is 63.8 Å². The van der Waals surface area contributed by atoms with E-state index < -0.39 is 0 Å². The van der Waals surface area contributed by atoms with Crippen LogP contribution in [0.4, 0.5) is 0 Å².